The van der Waals surface area contributed by atoms with Gasteiger partial charge in [0.05, 0.1) is 19.8 Å². The lowest BCUT2D eigenvalue weighted by atomic mass is 9.98. The van der Waals surface area contributed by atoms with Crippen molar-refractivity contribution in [3.8, 4) is 11.5 Å². The smallest absolute Gasteiger partial charge is 0.255 e. The van der Waals surface area contributed by atoms with Crippen LogP contribution in [0.15, 0.2) is 85.2 Å². The van der Waals surface area contributed by atoms with Crippen molar-refractivity contribution in [3.05, 3.63) is 113 Å². The fourth-order valence-electron chi connectivity index (χ4n) is 4.69. The van der Waals surface area contributed by atoms with Gasteiger partial charge in [-0.05, 0) is 59.5 Å². The zero-order valence-electron chi connectivity index (χ0n) is 21.9. The van der Waals surface area contributed by atoms with Crippen molar-refractivity contribution in [2.45, 2.75) is 19.5 Å². The van der Waals surface area contributed by atoms with Gasteiger partial charge in [0.25, 0.3) is 11.8 Å². The van der Waals surface area contributed by atoms with Crippen LogP contribution in [0.1, 0.15) is 37.4 Å². The molecule has 0 saturated carbocycles. The number of amides is 2. The third-order valence-corrected chi connectivity index (χ3v) is 6.76. The highest BCUT2D eigenvalue weighted by atomic mass is 16.5. The standard InChI is InChI=1S/C31H30N4O4/c1-38-26-14-24(15-27(17-26)39-2)30(36)34-25-9-10-29(35-13-11-22-7-3-4-8-23(22)20-35)28(16-25)31(37)33-19-21-6-5-12-32-18-21/h3-10,12,14-18H,11,13,19-20H2,1-2H3,(H,33,37)(H,34,36). The molecule has 0 spiro atoms. The van der Waals surface area contributed by atoms with Crippen LogP contribution < -0.4 is 25.0 Å². The molecule has 1 aliphatic heterocycles. The van der Waals surface area contributed by atoms with E-state index in [1.807, 2.05) is 30.3 Å². The average Bonchev–Trinajstić information content (AvgIpc) is 2.99. The molecule has 2 amide bonds. The van der Waals surface area contributed by atoms with Crippen LogP contribution in [0.4, 0.5) is 11.4 Å². The molecule has 3 aromatic carbocycles. The van der Waals surface area contributed by atoms with Crippen LogP contribution in [-0.4, -0.2) is 37.6 Å². The number of aromatic nitrogens is 1. The van der Waals surface area contributed by atoms with Gasteiger partial charge < -0.3 is 25.0 Å². The molecule has 0 radical (unpaired) electrons. The second-order valence-electron chi connectivity index (χ2n) is 9.27. The van der Waals surface area contributed by atoms with Crippen molar-refractivity contribution in [1.29, 1.82) is 0 Å². The van der Waals surface area contributed by atoms with E-state index in [-0.39, 0.29) is 11.8 Å². The summed E-state index contributed by atoms with van der Waals surface area (Å²) in [6, 6.07) is 22.5. The van der Waals surface area contributed by atoms with E-state index >= 15 is 0 Å². The first-order valence-electron chi connectivity index (χ1n) is 12.7. The number of hydrogen-bond acceptors (Lipinski definition) is 6. The van der Waals surface area contributed by atoms with Gasteiger partial charge in [-0.1, -0.05) is 30.3 Å². The minimum absolute atomic E-state index is 0.230. The van der Waals surface area contributed by atoms with E-state index in [4.69, 9.17) is 9.47 Å². The van der Waals surface area contributed by atoms with E-state index in [1.54, 1.807) is 36.7 Å². The van der Waals surface area contributed by atoms with Gasteiger partial charge in [0.15, 0.2) is 0 Å². The Labute approximate surface area is 227 Å². The van der Waals surface area contributed by atoms with Crippen LogP contribution >= 0.6 is 0 Å². The lowest BCUT2D eigenvalue weighted by molar-refractivity contribution is 0.0950. The monoisotopic (exact) mass is 522 g/mol. The van der Waals surface area contributed by atoms with Crippen LogP contribution in [0.5, 0.6) is 11.5 Å². The van der Waals surface area contributed by atoms with E-state index in [0.29, 0.717) is 41.4 Å². The quantitative estimate of drug-likeness (QED) is 0.344. The van der Waals surface area contributed by atoms with E-state index in [2.05, 4.69) is 38.7 Å². The second-order valence-corrected chi connectivity index (χ2v) is 9.27. The fourth-order valence-corrected chi connectivity index (χ4v) is 4.69. The number of nitrogens with one attached hydrogen (secondary N) is 2. The van der Waals surface area contributed by atoms with E-state index in [1.165, 1.54) is 25.3 Å². The molecule has 5 rings (SSSR count). The summed E-state index contributed by atoms with van der Waals surface area (Å²) in [4.78, 5) is 33.0. The summed E-state index contributed by atoms with van der Waals surface area (Å²) in [5.41, 5.74) is 5.66. The summed E-state index contributed by atoms with van der Waals surface area (Å²) in [5.74, 6) is 0.451. The Hall–Kier alpha value is -4.85. The molecule has 8 nitrogen and oxygen atoms in total. The average molecular weight is 523 g/mol. The van der Waals surface area contributed by atoms with Gasteiger partial charge in [0.1, 0.15) is 11.5 Å². The molecular weight excluding hydrogens is 492 g/mol. The maximum Gasteiger partial charge on any atom is 0.255 e. The number of carbonyl (C=O) groups is 2. The predicted octanol–water partition coefficient (Wildman–Crippen LogP) is 4.84. The number of nitrogens with zero attached hydrogens (tertiary/aromatic N) is 2. The Morgan fingerprint density at radius 1 is 0.897 bits per heavy atom. The Bertz CT molecular complexity index is 1470. The van der Waals surface area contributed by atoms with Gasteiger partial charge in [-0.25, -0.2) is 0 Å². The third-order valence-electron chi connectivity index (χ3n) is 6.76. The first kappa shape index (κ1) is 25.8. The van der Waals surface area contributed by atoms with Crippen LogP contribution in [0.25, 0.3) is 0 Å². The molecule has 2 N–H and O–H groups in total. The molecule has 4 aromatic rings. The van der Waals surface area contributed by atoms with E-state index in [0.717, 1.165) is 24.2 Å². The lowest BCUT2D eigenvalue weighted by Gasteiger charge is -2.32. The first-order chi connectivity index (χ1) is 19.0. The van der Waals surface area contributed by atoms with E-state index in [9.17, 15) is 9.59 Å². The maximum atomic E-state index is 13.5. The number of methoxy groups -OCH3 is 2. The zero-order valence-corrected chi connectivity index (χ0v) is 21.9. The zero-order chi connectivity index (χ0) is 27.2. The number of hydrogen-bond donors (Lipinski definition) is 2. The van der Waals surface area contributed by atoms with Crippen LogP contribution in [0.3, 0.4) is 0 Å². The number of anilines is 2. The summed E-state index contributed by atoms with van der Waals surface area (Å²) < 4.78 is 10.6. The topological polar surface area (TPSA) is 92.8 Å². The highest BCUT2D eigenvalue weighted by Crippen LogP contribution is 2.30. The molecule has 0 fully saturated rings. The Kier molecular flexibility index (Phi) is 7.73. The molecule has 1 aromatic heterocycles. The Morgan fingerprint density at radius 2 is 1.67 bits per heavy atom. The maximum absolute atomic E-state index is 13.5. The number of fused-ring (bicyclic) bond motifs is 1. The molecule has 0 saturated heterocycles. The summed E-state index contributed by atoms with van der Waals surface area (Å²) >= 11 is 0. The van der Waals surface area contributed by atoms with E-state index < -0.39 is 0 Å². The van der Waals surface area contributed by atoms with Crippen molar-refractivity contribution in [2.24, 2.45) is 0 Å². The molecular formula is C31H30N4O4. The Morgan fingerprint density at radius 3 is 2.38 bits per heavy atom. The van der Waals surface area contributed by atoms with Gasteiger partial charge in [-0.3, -0.25) is 14.6 Å². The summed E-state index contributed by atoms with van der Waals surface area (Å²) in [5, 5.41) is 5.92. The highest BCUT2D eigenvalue weighted by molar-refractivity contribution is 6.06. The van der Waals surface area contributed by atoms with Crippen molar-refractivity contribution in [3.63, 3.8) is 0 Å². The minimum atomic E-state index is -0.339. The largest absolute Gasteiger partial charge is 0.497 e. The number of ether oxygens (including phenoxy) is 2. The first-order valence-corrected chi connectivity index (χ1v) is 12.7. The summed E-state index contributed by atoms with van der Waals surface area (Å²) in [6.07, 6.45) is 4.31. The minimum Gasteiger partial charge on any atom is -0.497 e. The fraction of sp³-hybridized carbons (Fsp3) is 0.194. The molecule has 8 heteroatoms. The van der Waals surface area contributed by atoms with Crippen molar-refractivity contribution in [2.75, 3.05) is 31.0 Å². The second kappa shape index (κ2) is 11.7. The number of benzene rings is 3. The van der Waals surface area contributed by atoms with Crippen LogP contribution in [0.2, 0.25) is 0 Å². The van der Waals surface area contributed by atoms with Gasteiger partial charge in [0, 0.05) is 55.0 Å². The van der Waals surface area contributed by atoms with Gasteiger partial charge in [0.2, 0.25) is 0 Å². The van der Waals surface area contributed by atoms with Crippen molar-refractivity contribution in [1.82, 2.24) is 10.3 Å². The lowest BCUT2D eigenvalue weighted by Crippen LogP contribution is -2.33. The predicted molar refractivity (Wildman–Crippen MR) is 151 cm³/mol. The summed E-state index contributed by atoms with van der Waals surface area (Å²) in [6.45, 7) is 1.83. The van der Waals surface area contributed by atoms with Gasteiger partial charge in [-0.15, -0.1) is 0 Å². The third kappa shape index (κ3) is 6.01. The van der Waals surface area contributed by atoms with Gasteiger partial charge in [-0.2, -0.15) is 0 Å². The molecule has 198 valence electrons. The molecule has 0 atom stereocenters. The molecule has 2 heterocycles. The molecule has 1 aliphatic rings. The van der Waals surface area contributed by atoms with Crippen molar-refractivity contribution < 1.29 is 19.1 Å². The molecule has 0 bridgehead atoms. The van der Waals surface area contributed by atoms with Crippen LogP contribution in [-0.2, 0) is 19.5 Å². The van der Waals surface area contributed by atoms with Crippen molar-refractivity contribution >= 4 is 23.2 Å². The number of rotatable bonds is 8. The molecule has 0 unspecified atom stereocenters. The molecule has 39 heavy (non-hydrogen) atoms. The number of carbonyl (C=O) groups excluding carboxylic acids is 2. The Balaban J connectivity index is 1.43. The summed E-state index contributed by atoms with van der Waals surface area (Å²) in [7, 11) is 3.06. The highest BCUT2D eigenvalue weighted by Gasteiger charge is 2.22. The van der Waals surface area contributed by atoms with Crippen LogP contribution in [0, 0.1) is 0 Å². The number of pyridine rings is 1. The molecule has 0 aliphatic carbocycles. The normalized spacial score (nSPS) is 12.3. The van der Waals surface area contributed by atoms with Gasteiger partial charge >= 0.3 is 0 Å². The SMILES string of the molecule is COc1cc(OC)cc(C(=O)Nc2ccc(N3CCc4ccccc4C3)c(C(=O)NCc3cccnc3)c2)c1.